The molecule has 0 aliphatic rings. The summed E-state index contributed by atoms with van der Waals surface area (Å²) in [6.07, 6.45) is -4.50. The third kappa shape index (κ3) is 4.86. The van der Waals surface area contributed by atoms with Crippen LogP contribution in [-0.4, -0.2) is 11.8 Å². The summed E-state index contributed by atoms with van der Waals surface area (Å²) < 4.78 is 38.5. The summed E-state index contributed by atoms with van der Waals surface area (Å²) in [5.41, 5.74) is 2.14. The maximum absolute atomic E-state index is 12.8. The van der Waals surface area contributed by atoms with Crippen LogP contribution in [0.3, 0.4) is 0 Å². The SMILES string of the molecule is Cc1cccc(C(=O)Nc2cccc(C(=O)Nc3cccc(C(F)(F)F)c3)c2)c1C. The van der Waals surface area contributed by atoms with E-state index in [1.807, 2.05) is 19.9 Å². The Balaban J connectivity index is 1.76. The lowest BCUT2D eigenvalue weighted by atomic mass is 10.0. The van der Waals surface area contributed by atoms with Crippen LogP contribution in [-0.2, 0) is 6.18 Å². The van der Waals surface area contributed by atoms with Gasteiger partial charge in [-0.3, -0.25) is 9.59 Å². The van der Waals surface area contributed by atoms with Gasteiger partial charge in [-0.2, -0.15) is 13.2 Å². The maximum atomic E-state index is 12.8. The van der Waals surface area contributed by atoms with E-state index < -0.39 is 17.6 Å². The van der Waals surface area contributed by atoms with E-state index in [0.29, 0.717) is 11.3 Å². The molecule has 0 spiro atoms. The molecule has 0 saturated carbocycles. The first-order valence-corrected chi connectivity index (χ1v) is 9.11. The smallest absolute Gasteiger partial charge is 0.322 e. The Kier molecular flexibility index (Phi) is 5.91. The Bertz CT molecular complexity index is 1110. The summed E-state index contributed by atoms with van der Waals surface area (Å²) in [6.45, 7) is 3.76. The van der Waals surface area contributed by atoms with Crippen molar-refractivity contribution < 1.29 is 22.8 Å². The molecule has 0 saturated heterocycles. The summed E-state index contributed by atoms with van der Waals surface area (Å²) in [4.78, 5) is 25.0. The number of anilines is 2. The molecular weight excluding hydrogens is 393 g/mol. The predicted octanol–water partition coefficient (Wildman–Crippen LogP) is 5.83. The van der Waals surface area contributed by atoms with Gasteiger partial charge in [0.15, 0.2) is 0 Å². The molecule has 3 aromatic carbocycles. The summed E-state index contributed by atoms with van der Waals surface area (Å²) >= 11 is 0. The highest BCUT2D eigenvalue weighted by Crippen LogP contribution is 2.30. The number of nitrogens with one attached hydrogen (secondary N) is 2. The number of carbonyl (C=O) groups is 2. The fourth-order valence-corrected chi connectivity index (χ4v) is 2.91. The summed E-state index contributed by atoms with van der Waals surface area (Å²) in [5, 5.41) is 5.19. The van der Waals surface area contributed by atoms with Crippen LogP contribution in [0.2, 0.25) is 0 Å². The molecule has 154 valence electrons. The highest BCUT2D eigenvalue weighted by Gasteiger charge is 2.30. The topological polar surface area (TPSA) is 58.2 Å². The third-order valence-corrected chi connectivity index (χ3v) is 4.68. The molecule has 3 aromatic rings. The number of carbonyl (C=O) groups excluding carboxylic acids is 2. The van der Waals surface area contributed by atoms with Gasteiger partial charge in [-0.05, 0) is 67.4 Å². The van der Waals surface area contributed by atoms with Crippen molar-refractivity contribution in [1.82, 2.24) is 0 Å². The Hall–Kier alpha value is -3.61. The Morgan fingerprint density at radius 1 is 0.767 bits per heavy atom. The second kappa shape index (κ2) is 8.41. The average molecular weight is 412 g/mol. The van der Waals surface area contributed by atoms with E-state index in [-0.39, 0.29) is 17.2 Å². The normalized spacial score (nSPS) is 11.1. The van der Waals surface area contributed by atoms with Crippen LogP contribution in [0.5, 0.6) is 0 Å². The minimum atomic E-state index is -4.50. The van der Waals surface area contributed by atoms with Gasteiger partial charge in [0.2, 0.25) is 0 Å². The molecule has 0 aliphatic heterocycles. The Morgan fingerprint density at radius 2 is 1.37 bits per heavy atom. The number of amides is 2. The van der Waals surface area contributed by atoms with Crippen LogP contribution in [0.4, 0.5) is 24.5 Å². The molecule has 0 radical (unpaired) electrons. The molecule has 0 aromatic heterocycles. The second-order valence-corrected chi connectivity index (χ2v) is 6.82. The zero-order valence-electron chi connectivity index (χ0n) is 16.3. The summed E-state index contributed by atoms with van der Waals surface area (Å²) in [6, 6.07) is 16.0. The number of alkyl halides is 3. The molecule has 0 bridgehead atoms. The Labute approximate surface area is 171 Å². The van der Waals surface area contributed by atoms with Crippen molar-refractivity contribution in [3.05, 3.63) is 94.5 Å². The van der Waals surface area contributed by atoms with Gasteiger partial charge < -0.3 is 10.6 Å². The van der Waals surface area contributed by atoms with Crippen molar-refractivity contribution >= 4 is 23.2 Å². The fraction of sp³-hybridized carbons (Fsp3) is 0.130. The molecule has 0 unspecified atom stereocenters. The van der Waals surface area contributed by atoms with Crippen molar-refractivity contribution in [2.75, 3.05) is 10.6 Å². The Morgan fingerprint density at radius 3 is 2.07 bits per heavy atom. The molecule has 2 N–H and O–H groups in total. The minimum Gasteiger partial charge on any atom is -0.322 e. The third-order valence-electron chi connectivity index (χ3n) is 4.68. The van der Waals surface area contributed by atoms with Gasteiger partial charge in [0, 0.05) is 22.5 Å². The van der Waals surface area contributed by atoms with Gasteiger partial charge in [0.25, 0.3) is 11.8 Å². The summed E-state index contributed by atoms with van der Waals surface area (Å²) in [7, 11) is 0. The monoisotopic (exact) mass is 412 g/mol. The predicted molar refractivity (Wildman–Crippen MR) is 110 cm³/mol. The second-order valence-electron chi connectivity index (χ2n) is 6.82. The van der Waals surface area contributed by atoms with Crippen LogP contribution in [0.25, 0.3) is 0 Å². The van der Waals surface area contributed by atoms with Crippen LogP contribution in [0.15, 0.2) is 66.7 Å². The molecule has 3 rings (SSSR count). The van der Waals surface area contributed by atoms with Crippen molar-refractivity contribution in [3.8, 4) is 0 Å². The molecule has 0 fully saturated rings. The first-order chi connectivity index (χ1) is 14.1. The standard InChI is InChI=1S/C23H19F3N2O2/c1-14-6-3-11-20(15(14)2)22(30)28-18-9-4-7-16(12-18)21(29)27-19-10-5-8-17(13-19)23(24,25)26/h3-13H,1-2H3,(H,27,29)(H,28,30). The first kappa shape index (κ1) is 21.1. The zero-order valence-corrected chi connectivity index (χ0v) is 16.3. The number of halogens is 3. The molecule has 0 aliphatic carbocycles. The lowest BCUT2D eigenvalue weighted by molar-refractivity contribution is -0.137. The quantitative estimate of drug-likeness (QED) is 0.567. The minimum absolute atomic E-state index is 0.0275. The largest absolute Gasteiger partial charge is 0.416 e. The van der Waals surface area contributed by atoms with Gasteiger partial charge >= 0.3 is 6.18 Å². The van der Waals surface area contributed by atoms with E-state index in [2.05, 4.69) is 10.6 Å². The number of hydrogen-bond donors (Lipinski definition) is 2. The van der Waals surface area contributed by atoms with Gasteiger partial charge in [-0.1, -0.05) is 24.3 Å². The van der Waals surface area contributed by atoms with Gasteiger partial charge in [0.1, 0.15) is 0 Å². The van der Waals surface area contributed by atoms with E-state index >= 15 is 0 Å². The van der Waals surface area contributed by atoms with Crippen LogP contribution in [0.1, 0.15) is 37.4 Å². The zero-order chi connectivity index (χ0) is 21.9. The van der Waals surface area contributed by atoms with Crippen molar-refractivity contribution in [1.29, 1.82) is 0 Å². The van der Waals surface area contributed by atoms with E-state index in [9.17, 15) is 22.8 Å². The number of aryl methyl sites for hydroxylation is 1. The van der Waals surface area contributed by atoms with Crippen LogP contribution >= 0.6 is 0 Å². The number of rotatable bonds is 4. The maximum Gasteiger partial charge on any atom is 0.416 e. The van der Waals surface area contributed by atoms with E-state index in [4.69, 9.17) is 0 Å². The van der Waals surface area contributed by atoms with Gasteiger partial charge in [-0.25, -0.2) is 0 Å². The lowest BCUT2D eigenvalue weighted by Gasteiger charge is -2.12. The molecule has 2 amide bonds. The van der Waals surface area contributed by atoms with E-state index in [1.54, 1.807) is 24.3 Å². The highest BCUT2D eigenvalue weighted by molar-refractivity contribution is 6.08. The molecule has 30 heavy (non-hydrogen) atoms. The number of benzene rings is 3. The number of hydrogen-bond acceptors (Lipinski definition) is 2. The lowest BCUT2D eigenvalue weighted by Crippen LogP contribution is -2.16. The van der Waals surface area contributed by atoms with Crippen molar-refractivity contribution in [2.45, 2.75) is 20.0 Å². The molecular formula is C23H19F3N2O2. The van der Waals surface area contributed by atoms with Crippen LogP contribution < -0.4 is 10.6 Å². The molecule has 7 heteroatoms. The first-order valence-electron chi connectivity index (χ1n) is 9.11. The van der Waals surface area contributed by atoms with Crippen molar-refractivity contribution in [2.24, 2.45) is 0 Å². The van der Waals surface area contributed by atoms with Gasteiger partial charge in [-0.15, -0.1) is 0 Å². The summed E-state index contributed by atoms with van der Waals surface area (Å²) in [5.74, 6) is -0.899. The molecule has 0 atom stereocenters. The van der Waals surface area contributed by atoms with Gasteiger partial charge in [0.05, 0.1) is 5.56 Å². The average Bonchev–Trinajstić information content (AvgIpc) is 2.69. The molecule has 0 heterocycles. The van der Waals surface area contributed by atoms with E-state index in [0.717, 1.165) is 23.3 Å². The van der Waals surface area contributed by atoms with Crippen molar-refractivity contribution in [3.63, 3.8) is 0 Å². The van der Waals surface area contributed by atoms with Crippen LogP contribution in [0, 0.1) is 13.8 Å². The van der Waals surface area contributed by atoms with E-state index in [1.165, 1.54) is 24.3 Å². The highest BCUT2D eigenvalue weighted by atomic mass is 19.4. The fourth-order valence-electron chi connectivity index (χ4n) is 2.91. The molecule has 4 nitrogen and oxygen atoms in total.